The third-order valence-electron chi connectivity index (χ3n) is 3.18. The van der Waals surface area contributed by atoms with Gasteiger partial charge in [-0.1, -0.05) is 6.42 Å². The van der Waals surface area contributed by atoms with E-state index in [0.717, 1.165) is 13.1 Å². The summed E-state index contributed by atoms with van der Waals surface area (Å²) in [5, 5.41) is 1.26. The third-order valence-corrected chi connectivity index (χ3v) is 4.41. The van der Waals surface area contributed by atoms with Crippen molar-refractivity contribution in [1.29, 1.82) is 0 Å². The number of rotatable bonds is 4. The number of hydrogen-bond acceptors (Lipinski definition) is 4. The van der Waals surface area contributed by atoms with E-state index in [9.17, 15) is 0 Å². The molecule has 1 aliphatic carbocycles. The molecule has 15 heavy (non-hydrogen) atoms. The van der Waals surface area contributed by atoms with E-state index in [2.05, 4.69) is 24.0 Å². The molecular formula is C11H19N3S. The molecule has 1 heterocycles. The molecule has 0 radical (unpaired) electrons. The molecule has 1 aromatic heterocycles. The molecule has 0 saturated heterocycles. The normalized spacial score (nSPS) is 19.2. The van der Waals surface area contributed by atoms with Crippen LogP contribution in [0.4, 0.5) is 0 Å². The smallest absolute Gasteiger partial charge is 0.100 e. The van der Waals surface area contributed by atoms with Gasteiger partial charge in [0, 0.05) is 29.6 Å². The first-order chi connectivity index (χ1) is 7.16. The maximum atomic E-state index is 5.87. The highest BCUT2D eigenvalue weighted by molar-refractivity contribution is 7.11. The summed E-state index contributed by atoms with van der Waals surface area (Å²) < 4.78 is 0. The first kappa shape index (κ1) is 11.0. The Morgan fingerprint density at radius 3 is 2.73 bits per heavy atom. The minimum absolute atomic E-state index is 0.231. The number of hydrogen-bond donors (Lipinski definition) is 1. The van der Waals surface area contributed by atoms with Gasteiger partial charge in [0.15, 0.2) is 0 Å². The van der Waals surface area contributed by atoms with Gasteiger partial charge >= 0.3 is 0 Å². The largest absolute Gasteiger partial charge is 0.329 e. The highest BCUT2D eigenvalue weighted by atomic mass is 32.1. The van der Waals surface area contributed by atoms with Gasteiger partial charge in [0.05, 0.1) is 0 Å². The molecule has 2 rings (SSSR count). The lowest BCUT2D eigenvalue weighted by molar-refractivity contribution is 0.252. The zero-order chi connectivity index (χ0) is 10.9. The second kappa shape index (κ2) is 4.20. The summed E-state index contributed by atoms with van der Waals surface area (Å²) in [7, 11) is 4.17. The van der Waals surface area contributed by atoms with Crippen molar-refractivity contribution in [3.8, 4) is 0 Å². The maximum Gasteiger partial charge on any atom is 0.100 e. The fourth-order valence-corrected chi connectivity index (χ4v) is 3.33. The molecular weight excluding hydrogens is 206 g/mol. The molecule has 84 valence electrons. The van der Waals surface area contributed by atoms with Gasteiger partial charge < -0.3 is 10.6 Å². The monoisotopic (exact) mass is 225 g/mol. The molecule has 1 aromatic rings. The molecule has 1 fully saturated rings. The minimum atomic E-state index is 0.231. The number of nitrogens with zero attached hydrogens (tertiary/aromatic N) is 2. The second-order valence-corrected chi connectivity index (χ2v) is 5.82. The summed E-state index contributed by atoms with van der Waals surface area (Å²) in [5.41, 5.74) is 6.10. The molecule has 0 unspecified atom stereocenters. The van der Waals surface area contributed by atoms with Crippen molar-refractivity contribution in [3.63, 3.8) is 0 Å². The number of thiazole rings is 1. The van der Waals surface area contributed by atoms with E-state index in [1.807, 2.05) is 17.5 Å². The Hall–Kier alpha value is -0.450. The van der Waals surface area contributed by atoms with Gasteiger partial charge in [-0.15, -0.1) is 11.3 Å². The van der Waals surface area contributed by atoms with E-state index in [1.54, 1.807) is 0 Å². The van der Waals surface area contributed by atoms with Crippen LogP contribution in [0, 0.1) is 0 Å². The van der Waals surface area contributed by atoms with Gasteiger partial charge in [0.1, 0.15) is 5.01 Å². The summed E-state index contributed by atoms with van der Waals surface area (Å²) in [6.07, 6.45) is 5.76. The number of aromatic nitrogens is 1. The van der Waals surface area contributed by atoms with Crippen LogP contribution in [0.25, 0.3) is 0 Å². The van der Waals surface area contributed by atoms with E-state index >= 15 is 0 Å². The highest BCUT2D eigenvalue weighted by Gasteiger charge is 2.39. The third kappa shape index (κ3) is 2.07. The molecule has 0 bridgehead atoms. The quantitative estimate of drug-likeness (QED) is 0.846. The van der Waals surface area contributed by atoms with Crippen molar-refractivity contribution in [2.75, 3.05) is 20.6 Å². The van der Waals surface area contributed by atoms with Crippen LogP contribution < -0.4 is 5.73 Å². The van der Waals surface area contributed by atoms with Gasteiger partial charge in [0.2, 0.25) is 0 Å². The second-order valence-electron chi connectivity index (χ2n) is 4.71. The fourth-order valence-electron chi connectivity index (χ4n) is 2.05. The topological polar surface area (TPSA) is 42.2 Å². The Morgan fingerprint density at radius 1 is 1.53 bits per heavy atom. The first-order valence-corrected chi connectivity index (χ1v) is 6.28. The zero-order valence-electron chi connectivity index (χ0n) is 9.49. The summed E-state index contributed by atoms with van der Waals surface area (Å²) in [5.74, 6) is 0. The average molecular weight is 225 g/mol. The van der Waals surface area contributed by atoms with Crippen molar-refractivity contribution >= 4 is 11.3 Å². The van der Waals surface area contributed by atoms with Crippen molar-refractivity contribution in [1.82, 2.24) is 9.88 Å². The molecule has 2 N–H and O–H groups in total. The van der Waals surface area contributed by atoms with Crippen molar-refractivity contribution < 1.29 is 0 Å². The van der Waals surface area contributed by atoms with Crippen molar-refractivity contribution in [2.24, 2.45) is 5.73 Å². The van der Waals surface area contributed by atoms with Crippen molar-refractivity contribution in [3.05, 3.63) is 16.1 Å². The summed E-state index contributed by atoms with van der Waals surface area (Å²) in [6.45, 7) is 1.74. The van der Waals surface area contributed by atoms with Crippen LogP contribution in [0.5, 0.6) is 0 Å². The van der Waals surface area contributed by atoms with Gasteiger partial charge in [-0.2, -0.15) is 0 Å². The van der Waals surface area contributed by atoms with Crippen LogP contribution in [0.1, 0.15) is 29.1 Å². The lowest BCUT2D eigenvalue weighted by Gasteiger charge is -2.38. The van der Waals surface area contributed by atoms with Crippen LogP contribution in [-0.2, 0) is 12.0 Å². The Balaban J connectivity index is 2.12. The van der Waals surface area contributed by atoms with Crippen LogP contribution in [0.2, 0.25) is 0 Å². The molecule has 0 atom stereocenters. The Labute approximate surface area is 95.3 Å². The molecule has 1 aliphatic rings. The van der Waals surface area contributed by atoms with E-state index in [4.69, 9.17) is 5.73 Å². The van der Waals surface area contributed by atoms with E-state index in [1.165, 1.54) is 29.1 Å². The lowest BCUT2D eigenvalue weighted by Crippen LogP contribution is -2.41. The Morgan fingerprint density at radius 2 is 2.27 bits per heavy atom. The average Bonchev–Trinajstić information content (AvgIpc) is 2.51. The van der Waals surface area contributed by atoms with Crippen molar-refractivity contribution in [2.45, 2.75) is 31.2 Å². The van der Waals surface area contributed by atoms with Crippen LogP contribution in [0.3, 0.4) is 0 Å². The van der Waals surface area contributed by atoms with Gasteiger partial charge in [0.25, 0.3) is 0 Å². The van der Waals surface area contributed by atoms with E-state index < -0.39 is 0 Å². The van der Waals surface area contributed by atoms with E-state index in [0.29, 0.717) is 0 Å². The lowest BCUT2D eigenvalue weighted by atomic mass is 9.69. The minimum Gasteiger partial charge on any atom is -0.329 e. The van der Waals surface area contributed by atoms with Crippen LogP contribution in [-0.4, -0.2) is 30.5 Å². The molecule has 0 aromatic carbocycles. The van der Waals surface area contributed by atoms with E-state index in [-0.39, 0.29) is 5.41 Å². The Kier molecular flexibility index (Phi) is 3.09. The van der Waals surface area contributed by atoms with Gasteiger partial charge in [-0.3, -0.25) is 0 Å². The summed E-state index contributed by atoms with van der Waals surface area (Å²) in [4.78, 5) is 8.06. The standard InChI is InChI=1S/C11H19N3S/c1-14(2)7-9-6-13-10(15-9)11(8-12)4-3-5-11/h6H,3-5,7-8,12H2,1-2H3. The molecule has 1 saturated carbocycles. The van der Waals surface area contributed by atoms with Crippen LogP contribution in [0.15, 0.2) is 6.20 Å². The highest BCUT2D eigenvalue weighted by Crippen LogP contribution is 2.44. The zero-order valence-corrected chi connectivity index (χ0v) is 10.3. The summed E-state index contributed by atoms with van der Waals surface area (Å²) in [6, 6.07) is 0. The molecule has 4 heteroatoms. The van der Waals surface area contributed by atoms with Crippen LogP contribution >= 0.6 is 11.3 Å². The first-order valence-electron chi connectivity index (χ1n) is 5.46. The molecule has 0 spiro atoms. The molecule has 0 amide bonds. The molecule has 3 nitrogen and oxygen atoms in total. The molecule has 0 aliphatic heterocycles. The maximum absolute atomic E-state index is 5.87. The predicted molar refractivity (Wildman–Crippen MR) is 64.1 cm³/mol. The fraction of sp³-hybridized carbons (Fsp3) is 0.727. The predicted octanol–water partition coefficient (Wildman–Crippen LogP) is 1.59. The summed E-state index contributed by atoms with van der Waals surface area (Å²) >= 11 is 1.84. The van der Waals surface area contributed by atoms with Gasteiger partial charge in [-0.05, 0) is 26.9 Å². The Bertz CT molecular complexity index is 323. The SMILES string of the molecule is CN(C)Cc1cnc(C2(CN)CCC2)s1. The van der Waals surface area contributed by atoms with Gasteiger partial charge in [-0.25, -0.2) is 4.98 Å². The number of nitrogens with two attached hydrogens (primary N) is 1.